The van der Waals surface area contributed by atoms with Crippen LogP contribution < -0.4 is 0 Å². The third-order valence-electron chi connectivity index (χ3n) is 1.81. The van der Waals surface area contributed by atoms with Gasteiger partial charge < -0.3 is 9.84 Å². The van der Waals surface area contributed by atoms with Crippen molar-refractivity contribution in [1.82, 2.24) is 0 Å². The number of carbonyl (C=O) groups is 1. The third-order valence-corrected chi connectivity index (χ3v) is 1.81. The van der Waals surface area contributed by atoms with Crippen LogP contribution in [0.5, 0.6) is 0 Å². The van der Waals surface area contributed by atoms with Crippen molar-refractivity contribution >= 4 is 5.97 Å². The van der Waals surface area contributed by atoms with Crippen molar-refractivity contribution < 1.29 is 14.6 Å². The lowest BCUT2D eigenvalue weighted by molar-refractivity contribution is -0.132. The number of carboxylic acid groups (broad SMARTS) is 1. The van der Waals surface area contributed by atoms with E-state index in [4.69, 9.17) is 9.84 Å². The van der Waals surface area contributed by atoms with Crippen LogP contribution in [0, 0.1) is 5.41 Å². The molecule has 1 aliphatic rings. The van der Waals surface area contributed by atoms with Gasteiger partial charge in [-0.2, -0.15) is 0 Å². The first kappa shape index (κ1) is 9.10. The van der Waals surface area contributed by atoms with Gasteiger partial charge in [-0.15, -0.1) is 0 Å². The number of hydrogen-bond acceptors (Lipinski definition) is 2. The molecule has 3 nitrogen and oxygen atoms in total. The summed E-state index contributed by atoms with van der Waals surface area (Å²) in [4.78, 5) is 10.7. The molecule has 0 bridgehead atoms. The first-order valence-electron chi connectivity index (χ1n) is 4.02. The quantitative estimate of drug-likeness (QED) is 0.652. The maximum absolute atomic E-state index is 10.7. The monoisotopic (exact) mass is 170 g/mol. The second-order valence-corrected chi connectivity index (χ2v) is 3.96. The Balaban J connectivity index is 3.00. The molecular formula is C9H14O3. The van der Waals surface area contributed by atoms with Crippen molar-refractivity contribution in [3.05, 3.63) is 11.3 Å². The molecule has 0 unspecified atom stereocenters. The van der Waals surface area contributed by atoms with Gasteiger partial charge in [0.1, 0.15) is 5.76 Å². The average Bonchev–Trinajstić information content (AvgIpc) is 2.30. The highest BCUT2D eigenvalue weighted by molar-refractivity contribution is 5.87. The largest absolute Gasteiger partial charge is 0.496 e. The number of carboxylic acids is 1. The molecule has 0 aromatic carbocycles. The molecule has 0 atom stereocenters. The van der Waals surface area contributed by atoms with Gasteiger partial charge in [0.25, 0.3) is 0 Å². The molecule has 1 N–H and O–H groups in total. The van der Waals surface area contributed by atoms with Crippen LogP contribution in [0.15, 0.2) is 11.3 Å². The standard InChI is InChI=1S/C9H14O3/c1-9(2,3)7-6(8(10)11)4-5-12-7/h4-5H2,1-3H3,(H,10,11). The summed E-state index contributed by atoms with van der Waals surface area (Å²) in [5, 5.41) is 8.81. The Morgan fingerprint density at radius 3 is 2.42 bits per heavy atom. The van der Waals surface area contributed by atoms with Crippen LogP contribution in [0.3, 0.4) is 0 Å². The van der Waals surface area contributed by atoms with E-state index in [0.29, 0.717) is 24.4 Å². The van der Waals surface area contributed by atoms with Gasteiger partial charge in [-0.25, -0.2) is 4.79 Å². The molecule has 1 heterocycles. The number of allylic oxidation sites excluding steroid dienone is 1. The molecule has 0 aromatic rings. The summed E-state index contributed by atoms with van der Waals surface area (Å²) >= 11 is 0. The first-order chi connectivity index (χ1) is 5.43. The number of ether oxygens (including phenoxy) is 1. The summed E-state index contributed by atoms with van der Waals surface area (Å²) in [6.07, 6.45) is 0.530. The van der Waals surface area contributed by atoms with E-state index >= 15 is 0 Å². The highest BCUT2D eigenvalue weighted by atomic mass is 16.5. The second-order valence-electron chi connectivity index (χ2n) is 3.96. The summed E-state index contributed by atoms with van der Waals surface area (Å²) in [5.74, 6) is -0.215. The third kappa shape index (κ3) is 1.60. The van der Waals surface area contributed by atoms with Crippen molar-refractivity contribution in [1.29, 1.82) is 0 Å². The fourth-order valence-electron chi connectivity index (χ4n) is 1.33. The molecule has 1 rings (SSSR count). The zero-order chi connectivity index (χ0) is 9.35. The van der Waals surface area contributed by atoms with Crippen LogP contribution in [0.1, 0.15) is 27.2 Å². The molecule has 0 aromatic heterocycles. The van der Waals surface area contributed by atoms with E-state index in [-0.39, 0.29) is 5.41 Å². The van der Waals surface area contributed by atoms with Crippen LogP contribution in [0.2, 0.25) is 0 Å². The Kier molecular flexibility index (Phi) is 2.13. The molecule has 0 saturated carbocycles. The average molecular weight is 170 g/mol. The fourth-order valence-corrected chi connectivity index (χ4v) is 1.33. The van der Waals surface area contributed by atoms with Crippen molar-refractivity contribution in [3.8, 4) is 0 Å². The van der Waals surface area contributed by atoms with Crippen LogP contribution in [0.25, 0.3) is 0 Å². The Hall–Kier alpha value is -0.990. The second kappa shape index (κ2) is 2.81. The lowest BCUT2D eigenvalue weighted by atomic mass is 9.91. The van der Waals surface area contributed by atoms with Crippen molar-refractivity contribution in [2.45, 2.75) is 27.2 Å². The SMILES string of the molecule is CC(C)(C)C1=C(C(=O)O)CCO1. The van der Waals surface area contributed by atoms with Crippen LogP contribution >= 0.6 is 0 Å². The lowest BCUT2D eigenvalue weighted by Crippen LogP contribution is -2.13. The maximum atomic E-state index is 10.7. The molecule has 1 aliphatic heterocycles. The predicted molar refractivity (Wildman–Crippen MR) is 44.7 cm³/mol. The van der Waals surface area contributed by atoms with Gasteiger partial charge in [0.15, 0.2) is 0 Å². The minimum absolute atomic E-state index is 0.190. The summed E-state index contributed by atoms with van der Waals surface area (Å²) in [7, 11) is 0. The van der Waals surface area contributed by atoms with Crippen LogP contribution in [-0.2, 0) is 9.53 Å². The predicted octanol–water partition coefficient (Wildman–Crippen LogP) is 1.79. The van der Waals surface area contributed by atoms with Crippen molar-refractivity contribution in [3.63, 3.8) is 0 Å². The van der Waals surface area contributed by atoms with Crippen LogP contribution in [0.4, 0.5) is 0 Å². The van der Waals surface area contributed by atoms with Gasteiger partial charge in [0, 0.05) is 11.8 Å². The van der Waals surface area contributed by atoms with E-state index in [1.54, 1.807) is 0 Å². The van der Waals surface area contributed by atoms with Gasteiger partial charge in [0.2, 0.25) is 0 Å². The fraction of sp³-hybridized carbons (Fsp3) is 0.667. The summed E-state index contributed by atoms with van der Waals surface area (Å²) in [6, 6.07) is 0. The van der Waals surface area contributed by atoms with Gasteiger partial charge in [-0.3, -0.25) is 0 Å². The normalized spacial score (nSPS) is 17.9. The van der Waals surface area contributed by atoms with E-state index in [1.807, 2.05) is 20.8 Å². The lowest BCUT2D eigenvalue weighted by Gasteiger charge is -2.20. The zero-order valence-electron chi connectivity index (χ0n) is 7.68. The molecule has 0 fully saturated rings. The highest BCUT2D eigenvalue weighted by Gasteiger charge is 2.30. The van der Waals surface area contributed by atoms with E-state index in [2.05, 4.69) is 0 Å². The minimum Gasteiger partial charge on any atom is -0.496 e. The number of hydrogen-bond donors (Lipinski definition) is 1. The van der Waals surface area contributed by atoms with Gasteiger partial charge in [0.05, 0.1) is 12.2 Å². The summed E-state index contributed by atoms with van der Waals surface area (Å²) in [5.41, 5.74) is 0.243. The molecular weight excluding hydrogens is 156 g/mol. The van der Waals surface area contributed by atoms with E-state index in [0.717, 1.165) is 0 Å². The Morgan fingerprint density at radius 2 is 2.08 bits per heavy atom. The Bertz CT molecular complexity index is 233. The van der Waals surface area contributed by atoms with E-state index < -0.39 is 5.97 Å². The number of aliphatic carboxylic acids is 1. The summed E-state index contributed by atoms with van der Waals surface area (Å²) in [6.45, 7) is 6.37. The van der Waals surface area contributed by atoms with Crippen molar-refractivity contribution in [2.75, 3.05) is 6.61 Å². The number of rotatable bonds is 1. The summed E-state index contributed by atoms with van der Waals surface area (Å²) < 4.78 is 5.29. The minimum atomic E-state index is -0.850. The van der Waals surface area contributed by atoms with Gasteiger partial charge >= 0.3 is 5.97 Å². The molecule has 3 heteroatoms. The maximum Gasteiger partial charge on any atom is 0.335 e. The highest BCUT2D eigenvalue weighted by Crippen LogP contribution is 2.34. The Labute approximate surface area is 72.0 Å². The smallest absolute Gasteiger partial charge is 0.335 e. The van der Waals surface area contributed by atoms with Crippen molar-refractivity contribution in [2.24, 2.45) is 5.41 Å². The zero-order valence-corrected chi connectivity index (χ0v) is 7.68. The molecule has 0 amide bonds. The van der Waals surface area contributed by atoms with Crippen LogP contribution in [-0.4, -0.2) is 17.7 Å². The molecule has 0 radical (unpaired) electrons. The molecule has 0 saturated heterocycles. The molecule has 12 heavy (non-hydrogen) atoms. The van der Waals surface area contributed by atoms with Gasteiger partial charge in [-0.1, -0.05) is 20.8 Å². The molecule has 0 aliphatic carbocycles. The first-order valence-corrected chi connectivity index (χ1v) is 4.02. The molecule has 68 valence electrons. The Morgan fingerprint density at radius 1 is 1.50 bits per heavy atom. The topological polar surface area (TPSA) is 46.5 Å². The van der Waals surface area contributed by atoms with E-state index in [9.17, 15) is 4.79 Å². The van der Waals surface area contributed by atoms with E-state index in [1.165, 1.54) is 0 Å². The molecule has 0 spiro atoms. The van der Waals surface area contributed by atoms with Gasteiger partial charge in [-0.05, 0) is 0 Å².